The van der Waals surface area contributed by atoms with Gasteiger partial charge in [0, 0.05) is 10.9 Å². The van der Waals surface area contributed by atoms with E-state index in [1.54, 1.807) is 0 Å². The van der Waals surface area contributed by atoms with Crippen molar-refractivity contribution in [3.63, 3.8) is 0 Å². The van der Waals surface area contributed by atoms with E-state index in [-0.39, 0.29) is 0 Å². The number of furan rings is 1. The van der Waals surface area contributed by atoms with Crippen LogP contribution in [0.2, 0.25) is 0 Å². The highest BCUT2D eigenvalue weighted by molar-refractivity contribution is 5.89. The van der Waals surface area contributed by atoms with Crippen molar-refractivity contribution in [2.24, 2.45) is 0 Å². The molecule has 19 heavy (non-hydrogen) atoms. The fourth-order valence-electron chi connectivity index (χ4n) is 2.79. The highest BCUT2D eigenvalue weighted by Crippen LogP contribution is 2.33. The standard InChI is InChI=1S/C18H14O/c1-2-6-13(7-3-1)14-10-11-18-16(12-14)15-8-4-5-9-17(15)19-18/h1-3,5-7,9-12H,4,8H2. The van der Waals surface area contributed by atoms with E-state index < -0.39 is 0 Å². The number of rotatable bonds is 1. The van der Waals surface area contributed by atoms with Gasteiger partial charge in [0.25, 0.3) is 0 Å². The summed E-state index contributed by atoms with van der Waals surface area (Å²) < 4.78 is 5.89. The molecule has 1 heteroatoms. The van der Waals surface area contributed by atoms with Gasteiger partial charge < -0.3 is 4.42 Å². The summed E-state index contributed by atoms with van der Waals surface area (Å²) in [5.41, 5.74) is 4.86. The SMILES string of the molecule is C1=Cc2oc3ccc(-c4ccccc4)cc3c2CC1. The van der Waals surface area contributed by atoms with Crippen LogP contribution in [0.5, 0.6) is 0 Å². The van der Waals surface area contributed by atoms with Crippen molar-refractivity contribution in [1.82, 2.24) is 0 Å². The number of allylic oxidation sites excluding steroid dienone is 1. The molecule has 0 fully saturated rings. The molecule has 0 unspecified atom stereocenters. The van der Waals surface area contributed by atoms with Gasteiger partial charge in [-0.1, -0.05) is 42.5 Å². The van der Waals surface area contributed by atoms with Crippen molar-refractivity contribution >= 4 is 17.0 Å². The van der Waals surface area contributed by atoms with E-state index in [9.17, 15) is 0 Å². The Labute approximate surface area is 112 Å². The van der Waals surface area contributed by atoms with E-state index in [1.165, 1.54) is 22.1 Å². The number of aryl methyl sites for hydroxylation is 1. The minimum Gasteiger partial charge on any atom is -0.456 e. The first kappa shape index (κ1) is 10.6. The molecular weight excluding hydrogens is 232 g/mol. The maximum Gasteiger partial charge on any atom is 0.135 e. The zero-order valence-corrected chi connectivity index (χ0v) is 10.6. The summed E-state index contributed by atoms with van der Waals surface area (Å²) in [7, 11) is 0. The van der Waals surface area contributed by atoms with Crippen molar-refractivity contribution in [2.75, 3.05) is 0 Å². The molecule has 0 radical (unpaired) electrons. The molecule has 0 amide bonds. The first-order chi connectivity index (χ1) is 9.42. The van der Waals surface area contributed by atoms with E-state index >= 15 is 0 Å². The Morgan fingerprint density at radius 3 is 2.68 bits per heavy atom. The number of hydrogen-bond acceptors (Lipinski definition) is 1. The Hall–Kier alpha value is -2.28. The van der Waals surface area contributed by atoms with E-state index in [1.807, 2.05) is 6.07 Å². The van der Waals surface area contributed by atoms with Crippen molar-refractivity contribution in [2.45, 2.75) is 12.8 Å². The van der Waals surface area contributed by atoms with E-state index in [0.717, 1.165) is 24.2 Å². The summed E-state index contributed by atoms with van der Waals surface area (Å²) >= 11 is 0. The Balaban J connectivity index is 1.94. The zero-order valence-electron chi connectivity index (χ0n) is 10.6. The molecule has 0 bridgehead atoms. The van der Waals surface area contributed by atoms with Gasteiger partial charge in [0.05, 0.1) is 0 Å². The van der Waals surface area contributed by atoms with Crippen molar-refractivity contribution in [3.8, 4) is 11.1 Å². The van der Waals surface area contributed by atoms with Crippen molar-refractivity contribution in [1.29, 1.82) is 0 Å². The lowest BCUT2D eigenvalue weighted by Gasteiger charge is -2.04. The largest absolute Gasteiger partial charge is 0.456 e. The van der Waals surface area contributed by atoms with Crippen LogP contribution in [0, 0.1) is 0 Å². The van der Waals surface area contributed by atoms with Crippen LogP contribution in [0.1, 0.15) is 17.7 Å². The van der Waals surface area contributed by atoms with Gasteiger partial charge in [-0.2, -0.15) is 0 Å². The van der Waals surface area contributed by atoms with Crippen molar-refractivity contribution in [3.05, 3.63) is 65.9 Å². The molecule has 1 aliphatic carbocycles. The van der Waals surface area contributed by atoms with Crippen LogP contribution in [0.4, 0.5) is 0 Å². The molecule has 1 nitrogen and oxygen atoms in total. The van der Waals surface area contributed by atoms with E-state index in [2.05, 4.69) is 54.6 Å². The fourth-order valence-corrected chi connectivity index (χ4v) is 2.79. The van der Waals surface area contributed by atoms with Crippen LogP contribution in [0.15, 0.2) is 59.0 Å². The summed E-state index contributed by atoms with van der Waals surface area (Å²) in [6, 6.07) is 17.0. The topological polar surface area (TPSA) is 13.1 Å². The van der Waals surface area contributed by atoms with Gasteiger partial charge in [-0.15, -0.1) is 0 Å². The van der Waals surface area contributed by atoms with Crippen LogP contribution in [-0.2, 0) is 6.42 Å². The summed E-state index contributed by atoms with van der Waals surface area (Å²) in [6.07, 6.45) is 6.47. The first-order valence-electron chi connectivity index (χ1n) is 6.69. The lowest BCUT2D eigenvalue weighted by atomic mass is 9.98. The second-order valence-electron chi connectivity index (χ2n) is 4.96. The third-order valence-corrected chi connectivity index (χ3v) is 3.76. The Bertz CT molecular complexity index is 763. The van der Waals surface area contributed by atoms with Crippen LogP contribution < -0.4 is 0 Å². The summed E-state index contributed by atoms with van der Waals surface area (Å²) in [6.45, 7) is 0. The van der Waals surface area contributed by atoms with Crippen LogP contribution >= 0.6 is 0 Å². The second kappa shape index (κ2) is 4.13. The zero-order chi connectivity index (χ0) is 12.7. The molecule has 0 N–H and O–H groups in total. The molecule has 0 saturated heterocycles. The van der Waals surface area contributed by atoms with Gasteiger partial charge in [-0.25, -0.2) is 0 Å². The lowest BCUT2D eigenvalue weighted by molar-refractivity contribution is 0.595. The molecule has 2 aromatic carbocycles. The maximum absolute atomic E-state index is 5.89. The monoisotopic (exact) mass is 246 g/mol. The van der Waals surface area contributed by atoms with Gasteiger partial charge in [-0.3, -0.25) is 0 Å². The lowest BCUT2D eigenvalue weighted by Crippen LogP contribution is -1.89. The molecule has 1 aromatic heterocycles. The van der Waals surface area contributed by atoms with Crippen LogP contribution in [0.3, 0.4) is 0 Å². The molecule has 0 atom stereocenters. The molecule has 1 aliphatic rings. The van der Waals surface area contributed by atoms with E-state index in [4.69, 9.17) is 4.42 Å². The third kappa shape index (κ3) is 1.70. The quantitative estimate of drug-likeness (QED) is 0.585. The summed E-state index contributed by atoms with van der Waals surface area (Å²) in [4.78, 5) is 0. The van der Waals surface area contributed by atoms with Crippen LogP contribution in [-0.4, -0.2) is 0 Å². The molecular formula is C18H14O. The highest BCUT2D eigenvalue weighted by Gasteiger charge is 2.14. The maximum atomic E-state index is 5.89. The number of benzene rings is 2. The molecule has 4 rings (SSSR count). The number of fused-ring (bicyclic) bond motifs is 3. The summed E-state index contributed by atoms with van der Waals surface area (Å²) in [5.74, 6) is 1.03. The average Bonchev–Trinajstić information content (AvgIpc) is 2.86. The predicted octanol–water partition coefficient (Wildman–Crippen LogP) is 5.06. The Morgan fingerprint density at radius 1 is 0.895 bits per heavy atom. The normalized spacial score (nSPS) is 13.7. The molecule has 3 aromatic rings. The van der Waals surface area contributed by atoms with Crippen LogP contribution in [0.25, 0.3) is 28.2 Å². The number of hydrogen-bond donors (Lipinski definition) is 0. The average molecular weight is 246 g/mol. The summed E-state index contributed by atoms with van der Waals surface area (Å²) in [5, 5.41) is 1.26. The third-order valence-electron chi connectivity index (χ3n) is 3.76. The molecule has 1 heterocycles. The van der Waals surface area contributed by atoms with Crippen molar-refractivity contribution < 1.29 is 4.42 Å². The first-order valence-corrected chi connectivity index (χ1v) is 6.69. The van der Waals surface area contributed by atoms with Gasteiger partial charge >= 0.3 is 0 Å². The van der Waals surface area contributed by atoms with Gasteiger partial charge in [0.15, 0.2) is 0 Å². The minimum absolute atomic E-state index is 0.997. The van der Waals surface area contributed by atoms with Gasteiger partial charge in [0.1, 0.15) is 11.3 Å². The highest BCUT2D eigenvalue weighted by atomic mass is 16.3. The molecule has 92 valence electrons. The molecule has 0 spiro atoms. The van der Waals surface area contributed by atoms with E-state index in [0.29, 0.717) is 0 Å². The minimum atomic E-state index is 0.997. The molecule has 0 saturated carbocycles. The molecule has 0 aliphatic heterocycles. The van der Waals surface area contributed by atoms with Gasteiger partial charge in [0.2, 0.25) is 0 Å². The Kier molecular flexibility index (Phi) is 2.31. The fraction of sp³-hybridized carbons (Fsp3) is 0.111. The smallest absolute Gasteiger partial charge is 0.135 e. The Morgan fingerprint density at radius 2 is 1.79 bits per heavy atom. The predicted molar refractivity (Wildman–Crippen MR) is 79.0 cm³/mol. The second-order valence-corrected chi connectivity index (χ2v) is 4.96. The van der Waals surface area contributed by atoms with Gasteiger partial charge in [-0.05, 0) is 42.2 Å².